The van der Waals surface area contributed by atoms with E-state index in [0.29, 0.717) is 23.1 Å². The number of nitrogen functional groups attached to an aromatic ring is 1. The van der Waals surface area contributed by atoms with Gasteiger partial charge in [-0.1, -0.05) is 0 Å². The molecule has 0 aliphatic carbocycles. The molecule has 0 radical (unpaired) electrons. The summed E-state index contributed by atoms with van der Waals surface area (Å²) in [5.41, 5.74) is 8.92. The molecular formula is C14H12N8. The third-order valence-electron chi connectivity index (χ3n) is 3.24. The molecule has 4 rings (SSSR count). The van der Waals surface area contributed by atoms with E-state index < -0.39 is 0 Å². The first-order chi connectivity index (χ1) is 10.7. The van der Waals surface area contributed by atoms with Crippen molar-refractivity contribution in [1.82, 2.24) is 34.5 Å². The van der Waals surface area contributed by atoms with E-state index in [0.717, 1.165) is 16.8 Å². The lowest BCUT2D eigenvalue weighted by Gasteiger charge is -2.05. The summed E-state index contributed by atoms with van der Waals surface area (Å²) < 4.78 is 1.77. The van der Waals surface area contributed by atoms with Crippen molar-refractivity contribution in [2.45, 2.75) is 6.92 Å². The standard InChI is InChI=1S/C14H12N8/c1-8-5-17-14-12(19-8)9(6-18-14)13-20-10(15)4-11(21-13)22-3-2-16-7-22/h2-7H,1H3,(H,17,18)(H2,15,20,21). The number of imidazole rings is 1. The smallest absolute Gasteiger partial charge is 0.167 e. The molecule has 0 aliphatic heterocycles. The van der Waals surface area contributed by atoms with Crippen molar-refractivity contribution in [3.8, 4) is 17.2 Å². The number of aromatic amines is 1. The zero-order chi connectivity index (χ0) is 15.1. The van der Waals surface area contributed by atoms with Crippen LogP contribution in [0.1, 0.15) is 5.69 Å². The first-order valence-electron chi connectivity index (χ1n) is 6.65. The van der Waals surface area contributed by atoms with E-state index >= 15 is 0 Å². The van der Waals surface area contributed by atoms with Crippen molar-refractivity contribution in [3.05, 3.63) is 42.9 Å². The molecule has 0 saturated carbocycles. The Balaban J connectivity index is 1.93. The molecule has 4 heterocycles. The largest absolute Gasteiger partial charge is 0.384 e. The molecule has 4 aromatic rings. The van der Waals surface area contributed by atoms with Crippen LogP contribution in [0.2, 0.25) is 0 Å². The second kappa shape index (κ2) is 4.62. The highest BCUT2D eigenvalue weighted by atomic mass is 15.1. The first-order valence-corrected chi connectivity index (χ1v) is 6.65. The van der Waals surface area contributed by atoms with Crippen LogP contribution >= 0.6 is 0 Å². The summed E-state index contributed by atoms with van der Waals surface area (Å²) in [5, 5.41) is 0. The third kappa shape index (κ3) is 1.97. The maximum absolute atomic E-state index is 5.91. The summed E-state index contributed by atoms with van der Waals surface area (Å²) >= 11 is 0. The summed E-state index contributed by atoms with van der Waals surface area (Å²) in [6.45, 7) is 1.89. The number of fused-ring (bicyclic) bond motifs is 1. The van der Waals surface area contributed by atoms with Gasteiger partial charge in [0.05, 0.1) is 17.5 Å². The van der Waals surface area contributed by atoms with E-state index in [2.05, 4.69) is 29.9 Å². The SMILES string of the molecule is Cc1cnc2[nH]cc(-c3nc(N)cc(-n4ccnc4)n3)c2n1. The summed E-state index contributed by atoms with van der Waals surface area (Å²) in [5.74, 6) is 1.52. The van der Waals surface area contributed by atoms with Crippen LogP contribution in [0.3, 0.4) is 0 Å². The normalized spacial score (nSPS) is 11.1. The van der Waals surface area contributed by atoms with Crippen LogP contribution in [0.5, 0.6) is 0 Å². The Hall–Kier alpha value is -3.29. The molecule has 0 bridgehead atoms. The number of hydrogen-bond acceptors (Lipinski definition) is 6. The van der Waals surface area contributed by atoms with Crippen LogP contribution < -0.4 is 5.73 Å². The summed E-state index contributed by atoms with van der Waals surface area (Å²) in [4.78, 5) is 24.7. The van der Waals surface area contributed by atoms with Crippen LogP contribution in [0.15, 0.2) is 37.2 Å². The van der Waals surface area contributed by atoms with Gasteiger partial charge in [0, 0.05) is 24.7 Å². The fraction of sp³-hybridized carbons (Fsp3) is 0.0714. The van der Waals surface area contributed by atoms with Gasteiger partial charge < -0.3 is 10.7 Å². The number of nitrogens with zero attached hydrogens (tertiary/aromatic N) is 6. The maximum atomic E-state index is 5.91. The molecule has 8 nitrogen and oxygen atoms in total. The number of rotatable bonds is 2. The Labute approximate surface area is 125 Å². The Bertz CT molecular complexity index is 954. The van der Waals surface area contributed by atoms with Gasteiger partial charge in [0.15, 0.2) is 11.5 Å². The maximum Gasteiger partial charge on any atom is 0.167 e. The molecule has 0 amide bonds. The molecule has 22 heavy (non-hydrogen) atoms. The number of hydrogen-bond donors (Lipinski definition) is 2. The Kier molecular flexibility index (Phi) is 2.62. The Morgan fingerprint density at radius 2 is 2.14 bits per heavy atom. The number of anilines is 1. The van der Waals surface area contributed by atoms with Crippen LogP contribution in [0.25, 0.3) is 28.4 Å². The average Bonchev–Trinajstić information content (AvgIpc) is 3.16. The van der Waals surface area contributed by atoms with Gasteiger partial charge in [0.1, 0.15) is 23.5 Å². The fourth-order valence-corrected chi connectivity index (χ4v) is 2.25. The van der Waals surface area contributed by atoms with Gasteiger partial charge in [0.25, 0.3) is 0 Å². The van der Waals surface area contributed by atoms with Gasteiger partial charge in [-0.25, -0.2) is 24.9 Å². The predicted octanol–water partition coefficient (Wildman–Crippen LogP) is 1.49. The van der Waals surface area contributed by atoms with Crippen LogP contribution in [0, 0.1) is 6.92 Å². The lowest BCUT2D eigenvalue weighted by atomic mass is 10.2. The molecule has 108 valence electrons. The van der Waals surface area contributed by atoms with Crippen molar-refractivity contribution >= 4 is 17.0 Å². The van der Waals surface area contributed by atoms with Crippen LogP contribution in [0.4, 0.5) is 5.82 Å². The monoisotopic (exact) mass is 292 g/mol. The molecular weight excluding hydrogens is 280 g/mol. The highest BCUT2D eigenvalue weighted by molar-refractivity contribution is 5.88. The zero-order valence-corrected chi connectivity index (χ0v) is 11.7. The summed E-state index contributed by atoms with van der Waals surface area (Å²) in [7, 11) is 0. The van der Waals surface area contributed by atoms with Gasteiger partial charge in [0.2, 0.25) is 0 Å². The lowest BCUT2D eigenvalue weighted by Crippen LogP contribution is -2.02. The van der Waals surface area contributed by atoms with Crippen molar-refractivity contribution in [2.75, 3.05) is 5.73 Å². The summed E-state index contributed by atoms with van der Waals surface area (Å²) in [6, 6.07) is 1.69. The molecule has 0 saturated heterocycles. The lowest BCUT2D eigenvalue weighted by molar-refractivity contribution is 0.979. The Morgan fingerprint density at radius 1 is 1.23 bits per heavy atom. The van der Waals surface area contributed by atoms with Gasteiger partial charge in [-0.05, 0) is 6.92 Å². The highest BCUT2D eigenvalue weighted by Gasteiger charge is 2.13. The number of aromatic nitrogens is 7. The minimum absolute atomic E-state index is 0.378. The van der Waals surface area contributed by atoms with Crippen LogP contribution in [-0.4, -0.2) is 34.5 Å². The van der Waals surface area contributed by atoms with Gasteiger partial charge in [-0.2, -0.15) is 0 Å². The van der Waals surface area contributed by atoms with Gasteiger partial charge >= 0.3 is 0 Å². The Morgan fingerprint density at radius 3 is 2.95 bits per heavy atom. The third-order valence-corrected chi connectivity index (χ3v) is 3.24. The van der Waals surface area contributed by atoms with Crippen molar-refractivity contribution in [1.29, 1.82) is 0 Å². The topological polar surface area (TPSA) is 111 Å². The van der Waals surface area contributed by atoms with Gasteiger partial charge in [-0.3, -0.25) is 4.57 Å². The molecule has 0 aliphatic rings. The fourth-order valence-electron chi connectivity index (χ4n) is 2.25. The minimum atomic E-state index is 0.378. The predicted molar refractivity (Wildman–Crippen MR) is 81.2 cm³/mol. The van der Waals surface area contributed by atoms with Crippen molar-refractivity contribution < 1.29 is 0 Å². The number of nitrogens with two attached hydrogens (primary N) is 1. The number of H-pyrrole nitrogens is 1. The van der Waals surface area contributed by atoms with Crippen molar-refractivity contribution in [2.24, 2.45) is 0 Å². The first kappa shape index (κ1) is 12.5. The zero-order valence-electron chi connectivity index (χ0n) is 11.7. The number of nitrogens with one attached hydrogen (secondary N) is 1. The van der Waals surface area contributed by atoms with E-state index in [1.54, 1.807) is 41.7 Å². The van der Waals surface area contributed by atoms with E-state index in [1.165, 1.54) is 0 Å². The van der Waals surface area contributed by atoms with Gasteiger partial charge in [-0.15, -0.1) is 0 Å². The number of aryl methyl sites for hydroxylation is 1. The van der Waals surface area contributed by atoms with E-state index in [9.17, 15) is 0 Å². The molecule has 8 heteroatoms. The van der Waals surface area contributed by atoms with E-state index in [4.69, 9.17) is 5.73 Å². The van der Waals surface area contributed by atoms with Crippen LogP contribution in [-0.2, 0) is 0 Å². The summed E-state index contributed by atoms with van der Waals surface area (Å²) in [6.07, 6.45) is 8.63. The molecule has 0 aromatic carbocycles. The molecule has 0 unspecified atom stereocenters. The van der Waals surface area contributed by atoms with E-state index in [1.807, 2.05) is 6.92 Å². The average molecular weight is 292 g/mol. The molecule has 4 aromatic heterocycles. The van der Waals surface area contributed by atoms with E-state index in [-0.39, 0.29) is 0 Å². The second-order valence-electron chi connectivity index (χ2n) is 4.86. The quantitative estimate of drug-likeness (QED) is 0.579. The van der Waals surface area contributed by atoms with Crippen molar-refractivity contribution in [3.63, 3.8) is 0 Å². The molecule has 0 fully saturated rings. The molecule has 3 N–H and O–H groups in total. The second-order valence-corrected chi connectivity index (χ2v) is 4.86. The minimum Gasteiger partial charge on any atom is -0.384 e. The molecule has 0 spiro atoms. The highest BCUT2D eigenvalue weighted by Crippen LogP contribution is 2.25. The molecule has 0 atom stereocenters.